The van der Waals surface area contributed by atoms with Gasteiger partial charge in [-0.2, -0.15) is 8.78 Å². The molecule has 0 radical (unpaired) electrons. The lowest BCUT2D eigenvalue weighted by molar-refractivity contribution is -0.0371. The lowest BCUT2D eigenvalue weighted by atomic mass is 9.90. The van der Waals surface area contributed by atoms with E-state index >= 15 is 0 Å². The average Bonchev–Trinajstić information content (AvgIpc) is 2.77. The number of allylic oxidation sites excluding steroid dienone is 4. The first-order valence-electron chi connectivity index (χ1n) is 10.8. The van der Waals surface area contributed by atoms with E-state index in [2.05, 4.69) is 31.2 Å². The van der Waals surface area contributed by atoms with Gasteiger partial charge in [0.05, 0.1) is 19.8 Å². The summed E-state index contributed by atoms with van der Waals surface area (Å²) in [6.45, 7) is 7.06. The molecule has 0 amide bonds. The van der Waals surface area contributed by atoms with Gasteiger partial charge in [0.15, 0.2) is 11.7 Å². The summed E-state index contributed by atoms with van der Waals surface area (Å²) >= 11 is 0. The van der Waals surface area contributed by atoms with E-state index in [0.29, 0.717) is 25.4 Å². The molecule has 0 aromatic heterocycles. The van der Waals surface area contributed by atoms with Crippen molar-refractivity contribution in [2.45, 2.75) is 71.3 Å². The van der Waals surface area contributed by atoms with Gasteiger partial charge >= 0.3 is 0 Å². The Labute approximate surface area is 173 Å². The van der Waals surface area contributed by atoms with Crippen LogP contribution < -0.4 is 0 Å². The third kappa shape index (κ3) is 6.30. The Bertz CT molecular complexity index is 687. The molecule has 1 saturated heterocycles. The van der Waals surface area contributed by atoms with E-state index in [4.69, 9.17) is 14.2 Å². The number of ether oxygens (including phenoxy) is 3. The largest absolute Gasteiger partial charge is 0.498 e. The normalized spacial score (nSPS) is 22.1. The van der Waals surface area contributed by atoms with E-state index in [9.17, 15) is 8.78 Å². The maximum Gasteiger partial charge on any atom is 0.199 e. The molecule has 2 atom stereocenters. The van der Waals surface area contributed by atoms with Gasteiger partial charge in [-0.05, 0) is 30.4 Å². The Hall–Kier alpha value is -1.88. The van der Waals surface area contributed by atoms with Crippen LogP contribution in [-0.4, -0.2) is 26.4 Å². The summed E-state index contributed by atoms with van der Waals surface area (Å²) in [6, 6.07) is 8.78. The fourth-order valence-electron chi connectivity index (χ4n) is 3.66. The van der Waals surface area contributed by atoms with Crippen LogP contribution in [0.3, 0.4) is 0 Å². The van der Waals surface area contributed by atoms with Gasteiger partial charge in [0.25, 0.3) is 0 Å². The highest BCUT2D eigenvalue weighted by atomic mass is 19.2. The van der Waals surface area contributed by atoms with E-state index in [1.165, 1.54) is 18.2 Å². The Balaban J connectivity index is 0.00000145. The van der Waals surface area contributed by atoms with Gasteiger partial charge in [-0.3, -0.25) is 0 Å². The molecule has 1 aliphatic heterocycles. The predicted molar refractivity (Wildman–Crippen MR) is 112 cm³/mol. The van der Waals surface area contributed by atoms with E-state index in [1.54, 1.807) is 0 Å². The van der Waals surface area contributed by atoms with Crippen LogP contribution >= 0.6 is 0 Å². The smallest absolute Gasteiger partial charge is 0.199 e. The number of methoxy groups -OCH3 is 1. The van der Waals surface area contributed by atoms with E-state index in [-0.39, 0.29) is 24.2 Å². The SMILES string of the molecule is CC.CCCc1ccc(C2CCC(COC3=C(F)C(F)=C(OC)CC3)OC2)cc1. The monoisotopic (exact) mass is 408 g/mol. The van der Waals surface area contributed by atoms with Gasteiger partial charge in [0.2, 0.25) is 0 Å². The van der Waals surface area contributed by atoms with Gasteiger partial charge in [-0.25, -0.2) is 0 Å². The number of rotatable bonds is 7. The molecule has 0 spiro atoms. The van der Waals surface area contributed by atoms with Crippen LogP contribution in [0.4, 0.5) is 8.78 Å². The zero-order valence-electron chi connectivity index (χ0n) is 18.1. The van der Waals surface area contributed by atoms with Crippen molar-refractivity contribution >= 4 is 0 Å². The molecule has 2 aliphatic rings. The summed E-state index contributed by atoms with van der Waals surface area (Å²) in [5.41, 5.74) is 2.67. The standard InChI is InChI=1S/C22H28F2O3.C2H6/c1-3-4-15-5-7-16(8-6-15)17-9-10-18(26-13-17)14-27-20-12-11-19(25-2)21(23)22(20)24;1-2/h5-8,17-18H,3-4,9-14H2,1-2H3;1-2H3. The molecule has 1 heterocycles. The number of halogens is 2. The third-order valence-corrected chi connectivity index (χ3v) is 5.31. The zero-order chi connectivity index (χ0) is 21.2. The summed E-state index contributed by atoms with van der Waals surface area (Å²) in [4.78, 5) is 0. The summed E-state index contributed by atoms with van der Waals surface area (Å²) in [6.07, 6.45) is 4.64. The molecule has 5 heteroatoms. The maximum absolute atomic E-state index is 14.0. The average molecular weight is 409 g/mol. The Kier molecular flexibility index (Phi) is 9.65. The highest BCUT2D eigenvalue weighted by molar-refractivity contribution is 5.29. The molecule has 3 rings (SSSR count). The molecule has 162 valence electrons. The van der Waals surface area contributed by atoms with Crippen molar-refractivity contribution in [3.8, 4) is 0 Å². The number of benzene rings is 1. The predicted octanol–water partition coefficient (Wildman–Crippen LogP) is 6.75. The number of aryl methyl sites for hydroxylation is 1. The van der Waals surface area contributed by atoms with Crippen LogP contribution in [0, 0.1) is 0 Å². The molecule has 0 N–H and O–H groups in total. The molecule has 0 saturated carbocycles. The molecule has 1 aromatic carbocycles. The first kappa shape index (κ1) is 23.4. The van der Waals surface area contributed by atoms with Crippen LogP contribution in [0.5, 0.6) is 0 Å². The molecule has 0 bridgehead atoms. The molecule has 1 aliphatic carbocycles. The molecule has 2 unspecified atom stereocenters. The van der Waals surface area contributed by atoms with Crippen LogP contribution in [0.15, 0.2) is 47.4 Å². The Morgan fingerprint density at radius 1 is 1.00 bits per heavy atom. The van der Waals surface area contributed by atoms with Crippen LogP contribution in [0.25, 0.3) is 0 Å². The molecule has 1 fully saturated rings. The van der Waals surface area contributed by atoms with Crippen molar-refractivity contribution in [3.05, 3.63) is 58.6 Å². The minimum Gasteiger partial charge on any atom is -0.498 e. The van der Waals surface area contributed by atoms with Gasteiger partial charge < -0.3 is 14.2 Å². The first-order chi connectivity index (χ1) is 14.1. The highest BCUT2D eigenvalue weighted by Crippen LogP contribution is 2.34. The van der Waals surface area contributed by atoms with Gasteiger partial charge in [-0.1, -0.05) is 51.5 Å². The van der Waals surface area contributed by atoms with Gasteiger partial charge in [0.1, 0.15) is 18.1 Å². The van der Waals surface area contributed by atoms with Crippen LogP contribution in [-0.2, 0) is 20.6 Å². The summed E-state index contributed by atoms with van der Waals surface area (Å²) in [5, 5.41) is 0. The maximum atomic E-state index is 14.0. The third-order valence-electron chi connectivity index (χ3n) is 5.31. The molecular formula is C24H34F2O3. The summed E-state index contributed by atoms with van der Waals surface area (Å²) in [5.74, 6) is -1.41. The quantitative estimate of drug-likeness (QED) is 0.500. The fraction of sp³-hybridized carbons (Fsp3) is 0.583. The summed E-state index contributed by atoms with van der Waals surface area (Å²) in [7, 11) is 1.34. The van der Waals surface area contributed by atoms with Gasteiger partial charge in [0, 0.05) is 18.8 Å². The van der Waals surface area contributed by atoms with E-state index in [1.807, 2.05) is 13.8 Å². The number of hydrogen-bond donors (Lipinski definition) is 0. The number of hydrogen-bond acceptors (Lipinski definition) is 3. The second-order valence-corrected chi connectivity index (χ2v) is 7.21. The minimum atomic E-state index is -0.949. The van der Waals surface area contributed by atoms with Crippen molar-refractivity contribution in [1.29, 1.82) is 0 Å². The lowest BCUT2D eigenvalue weighted by Crippen LogP contribution is -2.28. The van der Waals surface area contributed by atoms with E-state index in [0.717, 1.165) is 25.7 Å². The molecule has 3 nitrogen and oxygen atoms in total. The molecule has 29 heavy (non-hydrogen) atoms. The van der Waals surface area contributed by atoms with Crippen molar-refractivity contribution < 1.29 is 23.0 Å². The van der Waals surface area contributed by atoms with Crippen LogP contribution in [0.1, 0.15) is 69.9 Å². The summed E-state index contributed by atoms with van der Waals surface area (Å²) < 4.78 is 44.1. The first-order valence-corrected chi connectivity index (χ1v) is 10.8. The fourth-order valence-corrected chi connectivity index (χ4v) is 3.66. The lowest BCUT2D eigenvalue weighted by Gasteiger charge is -2.30. The van der Waals surface area contributed by atoms with Crippen molar-refractivity contribution in [2.75, 3.05) is 20.3 Å². The second-order valence-electron chi connectivity index (χ2n) is 7.21. The highest BCUT2D eigenvalue weighted by Gasteiger charge is 2.27. The van der Waals surface area contributed by atoms with Crippen molar-refractivity contribution in [1.82, 2.24) is 0 Å². The molecular weight excluding hydrogens is 374 g/mol. The molecule has 1 aromatic rings. The second kappa shape index (κ2) is 12.0. The van der Waals surface area contributed by atoms with Crippen LogP contribution in [0.2, 0.25) is 0 Å². The Morgan fingerprint density at radius 3 is 2.24 bits per heavy atom. The van der Waals surface area contributed by atoms with Crippen molar-refractivity contribution in [3.63, 3.8) is 0 Å². The van der Waals surface area contributed by atoms with E-state index < -0.39 is 11.7 Å². The Morgan fingerprint density at radius 2 is 1.66 bits per heavy atom. The zero-order valence-corrected chi connectivity index (χ0v) is 18.1. The van der Waals surface area contributed by atoms with Gasteiger partial charge in [-0.15, -0.1) is 0 Å². The topological polar surface area (TPSA) is 27.7 Å². The minimum absolute atomic E-state index is 0.0431. The van der Waals surface area contributed by atoms with Crippen molar-refractivity contribution in [2.24, 2.45) is 0 Å².